The Balaban J connectivity index is 2.22. The number of nitrogens with one attached hydrogen (secondary N) is 1. The first-order chi connectivity index (χ1) is 12.1. The lowest BCUT2D eigenvalue weighted by Crippen LogP contribution is -2.37. The lowest BCUT2D eigenvalue weighted by molar-refractivity contribution is -0.137. The summed E-state index contributed by atoms with van der Waals surface area (Å²) in [6.07, 6.45) is -4.56. The summed E-state index contributed by atoms with van der Waals surface area (Å²) < 4.78 is 38.4. The number of alkyl halides is 3. The minimum Gasteiger partial charge on any atom is -0.323 e. The lowest BCUT2D eigenvalue weighted by atomic mass is 10.1. The fourth-order valence-electron chi connectivity index (χ4n) is 2.36. The van der Waals surface area contributed by atoms with Crippen LogP contribution in [-0.2, 0) is 15.8 Å². The first-order valence-corrected chi connectivity index (χ1v) is 7.97. The van der Waals surface area contributed by atoms with Crippen molar-refractivity contribution < 1.29 is 22.8 Å². The molecule has 138 valence electrons. The maximum atomic E-state index is 12.8. The van der Waals surface area contributed by atoms with E-state index in [9.17, 15) is 22.8 Å². The molecule has 0 bridgehead atoms. The summed E-state index contributed by atoms with van der Waals surface area (Å²) in [5.41, 5.74) is 0.234. The Hall–Kier alpha value is -2.54. The molecule has 0 aromatic heterocycles. The number of para-hydroxylation sites is 1. The third kappa shape index (κ3) is 4.76. The van der Waals surface area contributed by atoms with Crippen molar-refractivity contribution in [1.29, 1.82) is 0 Å². The molecule has 1 N–H and O–H groups in total. The van der Waals surface area contributed by atoms with E-state index in [0.717, 1.165) is 23.8 Å². The first-order valence-electron chi connectivity index (χ1n) is 7.60. The van der Waals surface area contributed by atoms with E-state index in [2.05, 4.69) is 5.32 Å². The van der Waals surface area contributed by atoms with Gasteiger partial charge in [-0.2, -0.15) is 13.2 Å². The van der Waals surface area contributed by atoms with E-state index < -0.39 is 17.6 Å². The van der Waals surface area contributed by atoms with Gasteiger partial charge in [0.15, 0.2) is 0 Å². The van der Waals surface area contributed by atoms with Crippen LogP contribution >= 0.6 is 11.6 Å². The number of anilines is 2. The average Bonchev–Trinajstić information content (AvgIpc) is 2.54. The molecule has 0 saturated heterocycles. The second kappa shape index (κ2) is 7.78. The molecule has 0 aliphatic rings. The van der Waals surface area contributed by atoms with Crippen LogP contribution in [0.15, 0.2) is 42.5 Å². The molecule has 0 aliphatic heterocycles. The Labute approximate surface area is 153 Å². The smallest absolute Gasteiger partial charge is 0.323 e. The maximum absolute atomic E-state index is 12.8. The van der Waals surface area contributed by atoms with Crippen molar-refractivity contribution in [2.75, 3.05) is 16.8 Å². The molecule has 8 heteroatoms. The fourth-order valence-corrected chi connectivity index (χ4v) is 2.53. The van der Waals surface area contributed by atoms with Crippen LogP contribution in [0.2, 0.25) is 5.02 Å². The van der Waals surface area contributed by atoms with Crippen LogP contribution < -0.4 is 10.2 Å². The summed E-state index contributed by atoms with van der Waals surface area (Å²) in [6, 6.07) is 9.62. The van der Waals surface area contributed by atoms with Crippen molar-refractivity contribution in [2.24, 2.45) is 0 Å². The monoisotopic (exact) mass is 384 g/mol. The number of benzene rings is 2. The first kappa shape index (κ1) is 19.8. The molecular weight excluding hydrogens is 369 g/mol. The van der Waals surface area contributed by atoms with Gasteiger partial charge in [0.25, 0.3) is 0 Å². The zero-order valence-corrected chi connectivity index (χ0v) is 14.8. The topological polar surface area (TPSA) is 49.4 Å². The van der Waals surface area contributed by atoms with Crippen LogP contribution in [0.4, 0.5) is 24.5 Å². The molecule has 0 aliphatic carbocycles. The number of carbonyl (C=O) groups excluding carboxylic acids is 2. The van der Waals surface area contributed by atoms with Crippen LogP contribution in [0.3, 0.4) is 0 Å². The molecule has 4 nitrogen and oxygen atoms in total. The van der Waals surface area contributed by atoms with E-state index in [1.807, 2.05) is 0 Å². The Morgan fingerprint density at radius 2 is 1.81 bits per heavy atom. The van der Waals surface area contributed by atoms with E-state index in [0.29, 0.717) is 5.69 Å². The lowest BCUT2D eigenvalue weighted by Gasteiger charge is -2.22. The minimum absolute atomic E-state index is 0.0309. The third-order valence-corrected chi connectivity index (χ3v) is 3.99. The van der Waals surface area contributed by atoms with Gasteiger partial charge in [-0.3, -0.25) is 9.59 Å². The summed E-state index contributed by atoms with van der Waals surface area (Å²) >= 11 is 5.87. The molecule has 26 heavy (non-hydrogen) atoms. The highest BCUT2D eigenvalue weighted by molar-refractivity contribution is 6.33. The van der Waals surface area contributed by atoms with Gasteiger partial charge in [-0.25, -0.2) is 0 Å². The second-order valence-electron chi connectivity index (χ2n) is 5.63. The Kier molecular flexibility index (Phi) is 5.92. The van der Waals surface area contributed by atoms with Gasteiger partial charge < -0.3 is 10.2 Å². The van der Waals surface area contributed by atoms with E-state index in [1.165, 1.54) is 11.8 Å². The molecule has 0 fully saturated rings. The second-order valence-corrected chi connectivity index (χ2v) is 6.04. The molecule has 2 amide bonds. The van der Waals surface area contributed by atoms with Gasteiger partial charge in [0.2, 0.25) is 11.8 Å². The molecule has 0 spiro atoms. The molecule has 2 aromatic rings. The largest absolute Gasteiger partial charge is 0.416 e. The van der Waals surface area contributed by atoms with Crippen LogP contribution in [0.5, 0.6) is 0 Å². The number of aryl methyl sites for hydroxylation is 1. The molecule has 2 aromatic carbocycles. The molecule has 0 radical (unpaired) electrons. The zero-order chi connectivity index (χ0) is 19.5. The van der Waals surface area contributed by atoms with E-state index in [-0.39, 0.29) is 23.2 Å². The van der Waals surface area contributed by atoms with Crippen molar-refractivity contribution in [2.45, 2.75) is 20.0 Å². The summed E-state index contributed by atoms with van der Waals surface area (Å²) in [6.45, 7) is 2.73. The van der Waals surface area contributed by atoms with Crippen molar-refractivity contribution in [3.05, 3.63) is 58.6 Å². The van der Waals surface area contributed by atoms with E-state index in [1.54, 1.807) is 31.2 Å². The summed E-state index contributed by atoms with van der Waals surface area (Å²) in [5, 5.41) is 2.30. The van der Waals surface area contributed by atoms with Crippen molar-refractivity contribution in [1.82, 2.24) is 0 Å². The number of hydrogen-bond acceptors (Lipinski definition) is 2. The number of nitrogens with zero attached hydrogens (tertiary/aromatic N) is 1. The number of rotatable bonds is 4. The van der Waals surface area contributed by atoms with E-state index >= 15 is 0 Å². The van der Waals surface area contributed by atoms with Crippen LogP contribution in [-0.4, -0.2) is 18.4 Å². The molecule has 0 saturated carbocycles. The predicted octanol–water partition coefficient (Wildman–Crippen LogP) is 4.66. The van der Waals surface area contributed by atoms with Gasteiger partial charge in [-0.15, -0.1) is 0 Å². The maximum Gasteiger partial charge on any atom is 0.416 e. The number of carbonyl (C=O) groups is 2. The zero-order valence-electron chi connectivity index (χ0n) is 14.0. The Morgan fingerprint density at radius 3 is 2.38 bits per heavy atom. The van der Waals surface area contributed by atoms with Crippen molar-refractivity contribution in [3.63, 3.8) is 0 Å². The minimum atomic E-state index is -4.56. The van der Waals surface area contributed by atoms with Crippen molar-refractivity contribution >= 4 is 34.8 Å². The van der Waals surface area contributed by atoms with Gasteiger partial charge in [0.1, 0.15) is 6.54 Å². The number of amides is 2. The van der Waals surface area contributed by atoms with E-state index in [4.69, 9.17) is 11.6 Å². The Bertz CT molecular complexity index is 837. The molecule has 2 rings (SSSR count). The fraction of sp³-hybridized carbons (Fsp3) is 0.222. The van der Waals surface area contributed by atoms with Gasteiger partial charge >= 0.3 is 6.18 Å². The molecule has 0 atom stereocenters. The van der Waals surface area contributed by atoms with Gasteiger partial charge in [-0.05, 0) is 36.8 Å². The highest BCUT2D eigenvalue weighted by atomic mass is 35.5. The molecule has 0 heterocycles. The highest BCUT2D eigenvalue weighted by Gasteiger charge is 2.31. The van der Waals surface area contributed by atoms with Crippen LogP contribution in [0.25, 0.3) is 0 Å². The SMILES string of the molecule is CC(=O)N(CC(=O)Nc1cc(C(F)(F)F)ccc1Cl)c1ccccc1C. The van der Waals surface area contributed by atoms with Crippen molar-refractivity contribution in [3.8, 4) is 0 Å². The molecular formula is C18H16ClF3N2O2. The average molecular weight is 385 g/mol. The predicted molar refractivity (Wildman–Crippen MR) is 94.3 cm³/mol. The van der Waals surface area contributed by atoms with Gasteiger partial charge in [-0.1, -0.05) is 29.8 Å². The van der Waals surface area contributed by atoms with Gasteiger partial charge in [0.05, 0.1) is 16.3 Å². The van der Waals surface area contributed by atoms with Crippen LogP contribution in [0, 0.1) is 6.92 Å². The Morgan fingerprint density at radius 1 is 1.15 bits per heavy atom. The third-order valence-electron chi connectivity index (χ3n) is 3.66. The summed E-state index contributed by atoms with van der Waals surface area (Å²) in [7, 11) is 0. The van der Waals surface area contributed by atoms with Gasteiger partial charge in [0, 0.05) is 12.6 Å². The standard InChI is InChI=1S/C18H16ClF3N2O2/c1-11-5-3-4-6-16(11)24(12(2)25)10-17(26)23-15-9-13(18(20,21)22)7-8-14(15)19/h3-9H,10H2,1-2H3,(H,23,26). The summed E-state index contributed by atoms with van der Waals surface area (Å²) in [5.74, 6) is -1.03. The van der Waals surface area contributed by atoms with Crippen LogP contribution in [0.1, 0.15) is 18.1 Å². The number of hydrogen-bond donors (Lipinski definition) is 1. The quantitative estimate of drug-likeness (QED) is 0.833. The highest BCUT2D eigenvalue weighted by Crippen LogP contribution is 2.33. The molecule has 0 unspecified atom stereocenters. The summed E-state index contributed by atoms with van der Waals surface area (Å²) in [4.78, 5) is 25.4. The normalized spacial score (nSPS) is 11.2. The number of halogens is 4.